The molecule has 1 aromatic heterocycles. The van der Waals surface area contributed by atoms with Crippen molar-refractivity contribution in [2.24, 2.45) is 0 Å². The molecule has 0 aliphatic rings. The van der Waals surface area contributed by atoms with Crippen molar-refractivity contribution in [2.45, 2.75) is 23.6 Å². The van der Waals surface area contributed by atoms with Crippen LogP contribution in [-0.4, -0.2) is 44.3 Å². The largest absolute Gasteiger partial charge is 0.493 e. The van der Waals surface area contributed by atoms with Gasteiger partial charge in [-0.25, -0.2) is 23.1 Å². The highest BCUT2D eigenvalue weighted by atomic mass is 32.2. The summed E-state index contributed by atoms with van der Waals surface area (Å²) in [5.74, 6) is 1.14. The van der Waals surface area contributed by atoms with Crippen molar-refractivity contribution in [1.82, 2.24) is 9.97 Å². The van der Waals surface area contributed by atoms with Gasteiger partial charge in [-0.05, 0) is 62.4 Å². The molecular formula is C22H24N4O5S2. The minimum absolute atomic E-state index is 0.0112. The van der Waals surface area contributed by atoms with Crippen molar-refractivity contribution in [3.05, 3.63) is 59.9 Å². The molecule has 3 rings (SSSR count). The van der Waals surface area contributed by atoms with E-state index in [0.29, 0.717) is 28.6 Å². The molecule has 0 saturated carbocycles. The van der Waals surface area contributed by atoms with Gasteiger partial charge in [-0.1, -0.05) is 0 Å². The van der Waals surface area contributed by atoms with Gasteiger partial charge < -0.3 is 14.8 Å². The number of nitrogens with zero attached hydrogens (tertiary/aromatic N) is 2. The van der Waals surface area contributed by atoms with Gasteiger partial charge in [-0.15, -0.1) is 11.8 Å². The monoisotopic (exact) mass is 488 g/mol. The second kappa shape index (κ2) is 10.5. The van der Waals surface area contributed by atoms with E-state index in [0.717, 1.165) is 4.90 Å². The second-order valence-corrected chi connectivity index (χ2v) is 9.69. The summed E-state index contributed by atoms with van der Waals surface area (Å²) in [5.41, 5.74) is 1.79. The van der Waals surface area contributed by atoms with Gasteiger partial charge in [-0.2, -0.15) is 0 Å². The van der Waals surface area contributed by atoms with Crippen LogP contribution in [0, 0.1) is 13.8 Å². The number of methoxy groups -OCH3 is 2. The minimum atomic E-state index is -3.86. The Kier molecular flexibility index (Phi) is 7.77. The van der Waals surface area contributed by atoms with Gasteiger partial charge in [0.2, 0.25) is 11.9 Å². The molecule has 0 atom stereocenters. The number of anilines is 2. The molecule has 0 saturated heterocycles. The molecule has 0 aliphatic carbocycles. The molecule has 33 heavy (non-hydrogen) atoms. The Morgan fingerprint density at radius 2 is 1.58 bits per heavy atom. The van der Waals surface area contributed by atoms with E-state index in [2.05, 4.69) is 20.0 Å². The Balaban J connectivity index is 1.60. The van der Waals surface area contributed by atoms with Crippen LogP contribution in [-0.2, 0) is 14.8 Å². The molecule has 174 valence electrons. The average Bonchev–Trinajstić information content (AvgIpc) is 2.76. The smallest absolute Gasteiger partial charge is 0.264 e. The Morgan fingerprint density at radius 1 is 0.939 bits per heavy atom. The van der Waals surface area contributed by atoms with E-state index in [1.54, 1.807) is 46.3 Å². The van der Waals surface area contributed by atoms with Crippen LogP contribution >= 0.6 is 11.8 Å². The second-order valence-electron chi connectivity index (χ2n) is 6.96. The van der Waals surface area contributed by atoms with Gasteiger partial charge in [0.15, 0.2) is 11.5 Å². The number of nitrogens with one attached hydrogen (secondary N) is 2. The number of ether oxygens (including phenoxy) is 2. The maximum absolute atomic E-state index is 12.6. The molecule has 0 radical (unpaired) electrons. The summed E-state index contributed by atoms with van der Waals surface area (Å²) in [6.07, 6.45) is 0. The number of hydrogen-bond donors (Lipinski definition) is 2. The zero-order valence-corrected chi connectivity index (χ0v) is 20.2. The number of hydrogen-bond acceptors (Lipinski definition) is 8. The first-order valence-electron chi connectivity index (χ1n) is 9.80. The van der Waals surface area contributed by atoms with Crippen LogP contribution in [0.5, 0.6) is 11.5 Å². The third-order valence-corrected chi connectivity index (χ3v) is 6.72. The van der Waals surface area contributed by atoms with Crippen molar-refractivity contribution in [3.63, 3.8) is 0 Å². The molecule has 3 aromatic rings. The van der Waals surface area contributed by atoms with E-state index >= 15 is 0 Å². The lowest BCUT2D eigenvalue weighted by Gasteiger charge is -2.10. The van der Waals surface area contributed by atoms with Crippen LogP contribution in [0.1, 0.15) is 11.4 Å². The number of benzene rings is 2. The molecule has 0 fully saturated rings. The van der Waals surface area contributed by atoms with Crippen molar-refractivity contribution in [1.29, 1.82) is 0 Å². The lowest BCUT2D eigenvalue weighted by atomic mass is 10.3. The third-order valence-electron chi connectivity index (χ3n) is 4.38. The molecule has 0 aliphatic heterocycles. The molecule has 0 spiro atoms. The molecular weight excluding hydrogens is 464 g/mol. The van der Waals surface area contributed by atoms with Crippen molar-refractivity contribution in [2.75, 3.05) is 30.0 Å². The highest BCUT2D eigenvalue weighted by molar-refractivity contribution is 8.00. The van der Waals surface area contributed by atoms with E-state index in [1.807, 2.05) is 6.07 Å². The molecule has 11 heteroatoms. The Hall–Kier alpha value is -3.31. The van der Waals surface area contributed by atoms with Crippen molar-refractivity contribution in [3.8, 4) is 11.5 Å². The van der Waals surface area contributed by atoms with E-state index in [9.17, 15) is 13.2 Å². The maximum Gasteiger partial charge on any atom is 0.264 e. The topological polar surface area (TPSA) is 120 Å². The number of thioether (sulfide) groups is 1. The standard InChI is InChI=1S/C22H24N4O5S2/c1-14-11-15(2)24-22(23-14)26-33(28,29)18-8-5-16(6-9-18)25-21(27)13-32-17-7-10-19(30-3)20(12-17)31-4/h5-12H,13H2,1-4H3,(H,25,27)(H,23,24,26). The predicted octanol–water partition coefficient (Wildman–Crippen LogP) is 3.64. The Labute approximate surface area is 197 Å². The SMILES string of the molecule is COc1ccc(SCC(=O)Nc2ccc(S(=O)(=O)Nc3nc(C)cc(C)n3)cc2)cc1OC. The normalized spacial score (nSPS) is 11.0. The van der Waals surface area contributed by atoms with Crippen LogP contribution in [0.4, 0.5) is 11.6 Å². The van der Waals surface area contributed by atoms with Crippen LogP contribution in [0.25, 0.3) is 0 Å². The predicted molar refractivity (Wildman–Crippen MR) is 128 cm³/mol. The lowest BCUT2D eigenvalue weighted by Crippen LogP contribution is -2.16. The molecule has 0 unspecified atom stereocenters. The summed E-state index contributed by atoms with van der Waals surface area (Å²) in [6.45, 7) is 3.51. The maximum atomic E-state index is 12.6. The van der Waals surface area contributed by atoms with E-state index in [1.165, 1.54) is 36.0 Å². The zero-order valence-electron chi connectivity index (χ0n) is 18.6. The quantitative estimate of drug-likeness (QED) is 0.438. The summed E-state index contributed by atoms with van der Waals surface area (Å²) in [4.78, 5) is 21.4. The first-order chi connectivity index (χ1) is 15.7. The van der Waals surface area contributed by atoms with Crippen molar-refractivity contribution >= 4 is 39.3 Å². The average molecular weight is 489 g/mol. The van der Waals surface area contributed by atoms with Gasteiger partial charge in [0.1, 0.15) is 0 Å². The van der Waals surface area contributed by atoms with Crippen LogP contribution in [0.15, 0.2) is 58.3 Å². The fourth-order valence-corrected chi connectivity index (χ4v) is 4.59. The number of amides is 1. The number of rotatable bonds is 9. The molecule has 1 amide bonds. The summed E-state index contributed by atoms with van der Waals surface area (Å²) in [6, 6.07) is 13.0. The third kappa shape index (κ3) is 6.59. The van der Waals surface area contributed by atoms with Crippen LogP contribution in [0.2, 0.25) is 0 Å². The zero-order chi connectivity index (χ0) is 24.0. The fraction of sp³-hybridized carbons (Fsp3) is 0.227. The van der Waals surface area contributed by atoms with Crippen molar-refractivity contribution < 1.29 is 22.7 Å². The molecule has 0 bridgehead atoms. The van der Waals surface area contributed by atoms with Crippen LogP contribution < -0.4 is 19.5 Å². The molecule has 1 heterocycles. The number of aryl methyl sites for hydroxylation is 2. The van der Waals surface area contributed by atoms with E-state index < -0.39 is 10.0 Å². The lowest BCUT2D eigenvalue weighted by molar-refractivity contribution is -0.113. The Morgan fingerprint density at radius 3 is 2.18 bits per heavy atom. The summed E-state index contributed by atoms with van der Waals surface area (Å²) >= 11 is 1.34. The first-order valence-corrected chi connectivity index (χ1v) is 12.3. The van der Waals surface area contributed by atoms with Crippen LogP contribution in [0.3, 0.4) is 0 Å². The summed E-state index contributed by atoms with van der Waals surface area (Å²) < 4.78 is 38.1. The number of carbonyl (C=O) groups is 1. The molecule has 2 N–H and O–H groups in total. The highest BCUT2D eigenvalue weighted by Gasteiger charge is 2.16. The van der Waals surface area contributed by atoms with E-state index in [-0.39, 0.29) is 22.5 Å². The minimum Gasteiger partial charge on any atom is -0.493 e. The van der Waals surface area contributed by atoms with Gasteiger partial charge >= 0.3 is 0 Å². The van der Waals surface area contributed by atoms with Gasteiger partial charge in [0, 0.05) is 22.0 Å². The summed E-state index contributed by atoms with van der Waals surface area (Å²) in [7, 11) is -0.758. The number of carbonyl (C=O) groups excluding carboxylic acids is 1. The van der Waals surface area contributed by atoms with E-state index in [4.69, 9.17) is 9.47 Å². The van der Waals surface area contributed by atoms with Gasteiger partial charge in [0.25, 0.3) is 10.0 Å². The first kappa shape index (κ1) is 24.3. The molecule has 2 aromatic carbocycles. The number of sulfonamides is 1. The van der Waals surface area contributed by atoms with Gasteiger partial charge in [-0.3, -0.25) is 4.79 Å². The van der Waals surface area contributed by atoms with Gasteiger partial charge in [0.05, 0.1) is 24.9 Å². The molecule has 9 nitrogen and oxygen atoms in total. The number of aromatic nitrogens is 2. The highest BCUT2D eigenvalue weighted by Crippen LogP contribution is 2.31. The summed E-state index contributed by atoms with van der Waals surface area (Å²) in [5, 5.41) is 2.75. The Bertz CT molecular complexity index is 1230. The fourth-order valence-electron chi connectivity index (χ4n) is 2.92.